The molecule has 0 spiro atoms. The number of benzene rings is 1. The van der Waals surface area contributed by atoms with Crippen LogP contribution in [0.3, 0.4) is 0 Å². The van der Waals surface area contributed by atoms with Gasteiger partial charge in [0.15, 0.2) is 11.0 Å². The highest BCUT2D eigenvalue weighted by atomic mass is 32.1. The molecule has 130 valence electrons. The molecule has 0 aliphatic carbocycles. The first-order valence-electron chi connectivity index (χ1n) is 7.55. The van der Waals surface area contributed by atoms with Crippen LogP contribution in [0, 0.1) is 5.92 Å². The van der Waals surface area contributed by atoms with Gasteiger partial charge in [0.1, 0.15) is 0 Å². The van der Waals surface area contributed by atoms with E-state index in [1.807, 2.05) is 0 Å². The van der Waals surface area contributed by atoms with E-state index in [1.54, 1.807) is 30.3 Å². The molecule has 2 aromatic rings. The summed E-state index contributed by atoms with van der Waals surface area (Å²) in [6, 6.07) is 11.7. The Morgan fingerprint density at radius 3 is 2.58 bits per heavy atom. The fourth-order valence-electron chi connectivity index (χ4n) is 2.28. The van der Waals surface area contributed by atoms with Gasteiger partial charge in [-0.25, -0.2) is 5.43 Å². The number of nitrogens with one attached hydrogen (secondary N) is 2. The van der Waals surface area contributed by atoms with Crippen LogP contribution in [0.1, 0.15) is 10.4 Å². The number of pyridine rings is 1. The molecule has 9 heteroatoms. The summed E-state index contributed by atoms with van der Waals surface area (Å²) in [5, 5.41) is 6.19. The van der Waals surface area contributed by atoms with Crippen molar-refractivity contribution in [1.29, 1.82) is 0 Å². The van der Waals surface area contributed by atoms with Crippen molar-refractivity contribution in [3.63, 3.8) is 0 Å². The first kappa shape index (κ1) is 17.4. The van der Waals surface area contributed by atoms with E-state index >= 15 is 0 Å². The maximum atomic E-state index is 12.7. The van der Waals surface area contributed by atoms with Crippen LogP contribution in [0.2, 0.25) is 0 Å². The highest BCUT2D eigenvalue weighted by molar-refractivity contribution is 7.80. The minimum Gasteiger partial charge on any atom is -0.301 e. The molecule has 26 heavy (non-hydrogen) atoms. The van der Waals surface area contributed by atoms with Gasteiger partial charge in [0, 0.05) is 24.2 Å². The van der Waals surface area contributed by atoms with Crippen LogP contribution >= 0.6 is 12.2 Å². The molecule has 1 unspecified atom stereocenters. The molecule has 0 saturated carbocycles. The second-order valence-corrected chi connectivity index (χ2v) is 5.62. The number of thiocarbonyl (C=S) groups is 1. The number of nitrogens with zero attached hydrogens (tertiary/aromatic N) is 3. The molecule has 1 aliphatic heterocycles. The van der Waals surface area contributed by atoms with Crippen molar-refractivity contribution in [2.75, 3.05) is 4.90 Å². The Kier molecular flexibility index (Phi) is 5.09. The number of anilines is 1. The lowest BCUT2D eigenvalue weighted by Crippen LogP contribution is -2.58. The van der Waals surface area contributed by atoms with E-state index in [0.717, 1.165) is 6.21 Å². The molecular formula is C17H13N5O3S. The van der Waals surface area contributed by atoms with Gasteiger partial charge in [0.25, 0.3) is 11.8 Å². The Balaban J connectivity index is 1.74. The van der Waals surface area contributed by atoms with E-state index in [0.29, 0.717) is 11.3 Å². The molecule has 8 nitrogen and oxygen atoms in total. The summed E-state index contributed by atoms with van der Waals surface area (Å²) in [6.07, 6.45) is 4.01. The number of hydrogen-bond acceptors (Lipinski definition) is 6. The number of para-hydroxylation sites is 1. The standard InChI is InChI=1S/C17H13N5O3S/c23-14(11-6-8-18-9-7-11)21-19-10-13-15(24)20-17(26)22(16(13)25)12-4-2-1-3-5-12/h1-10,13H,(H,21,23)(H,20,24,26)/b19-10+. The minimum atomic E-state index is -1.21. The molecular weight excluding hydrogens is 354 g/mol. The van der Waals surface area contributed by atoms with Gasteiger partial charge in [0.05, 0.1) is 5.69 Å². The molecule has 1 aliphatic rings. The van der Waals surface area contributed by atoms with Gasteiger partial charge >= 0.3 is 0 Å². The fourth-order valence-corrected chi connectivity index (χ4v) is 2.58. The smallest absolute Gasteiger partial charge is 0.271 e. The molecule has 3 amide bonds. The molecule has 2 N–H and O–H groups in total. The minimum absolute atomic E-state index is 0.00308. The number of hydrogen-bond donors (Lipinski definition) is 2. The SMILES string of the molecule is O=C(N/N=C/C1C(=O)NC(=S)N(c2ccccc2)C1=O)c1ccncc1. The molecule has 1 saturated heterocycles. The fraction of sp³-hybridized carbons (Fsp3) is 0.0588. The highest BCUT2D eigenvalue weighted by Crippen LogP contribution is 2.19. The summed E-state index contributed by atoms with van der Waals surface area (Å²) in [5.41, 5.74) is 3.15. The average Bonchev–Trinajstić information content (AvgIpc) is 2.65. The number of carbonyl (C=O) groups is 3. The monoisotopic (exact) mass is 367 g/mol. The predicted molar refractivity (Wildman–Crippen MR) is 98.4 cm³/mol. The third-order valence-electron chi connectivity index (χ3n) is 3.55. The molecule has 2 heterocycles. The number of rotatable bonds is 4. The lowest BCUT2D eigenvalue weighted by atomic mass is 10.1. The zero-order chi connectivity index (χ0) is 18.5. The summed E-state index contributed by atoms with van der Waals surface area (Å²) in [4.78, 5) is 41.7. The first-order valence-corrected chi connectivity index (χ1v) is 7.96. The first-order chi connectivity index (χ1) is 12.6. The van der Waals surface area contributed by atoms with Crippen molar-refractivity contribution in [3.05, 3.63) is 60.4 Å². The Morgan fingerprint density at radius 1 is 1.19 bits per heavy atom. The van der Waals surface area contributed by atoms with Crippen LogP contribution in [0.5, 0.6) is 0 Å². The van der Waals surface area contributed by atoms with Crippen molar-refractivity contribution in [3.8, 4) is 0 Å². The Labute approximate surface area is 153 Å². The second-order valence-electron chi connectivity index (χ2n) is 5.24. The number of hydrazone groups is 1. The van der Waals surface area contributed by atoms with Gasteiger partial charge in [0.2, 0.25) is 5.91 Å². The van der Waals surface area contributed by atoms with Crippen molar-refractivity contribution in [2.45, 2.75) is 0 Å². The van der Waals surface area contributed by atoms with Crippen molar-refractivity contribution < 1.29 is 14.4 Å². The number of aromatic nitrogens is 1. The predicted octanol–water partition coefficient (Wildman–Crippen LogP) is 0.861. The molecule has 1 aromatic heterocycles. The van der Waals surface area contributed by atoms with Crippen molar-refractivity contribution in [1.82, 2.24) is 15.7 Å². The summed E-state index contributed by atoms with van der Waals surface area (Å²) in [6.45, 7) is 0. The third-order valence-corrected chi connectivity index (χ3v) is 3.83. The maximum Gasteiger partial charge on any atom is 0.271 e. The van der Waals surface area contributed by atoms with E-state index in [1.165, 1.54) is 29.4 Å². The van der Waals surface area contributed by atoms with Gasteiger partial charge in [-0.2, -0.15) is 5.10 Å². The normalized spacial score (nSPS) is 17.3. The number of amides is 3. The van der Waals surface area contributed by atoms with E-state index in [4.69, 9.17) is 12.2 Å². The molecule has 0 bridgehead atoms. The highest BCUT2D eigenvalue weighted by Gasteiger charge is 2.38. The topological polar surface area (TPSA) is 104 Å². The Hall–Kier alpha value is -3.46. The summed E-state index contributed by atoms with van der Waals surface area (Å²) >= 11 is 5.09. The average molecular weight is 367 g/mol. The van der Waals surface area contributed by atoms with Gasteiger partial charge in [-0.1, -0.05) is 18.2 Å². The quantitative estimate of drug-likeness (QED) is 0.361. The molecule has 1 atom stereocenters. The summed E-state index contributed by atoms with van der Waals surface area (Å²) in [5.74, 6) is -2.84. The van der Waals surface area contributed by atoms with Crippen molar-refractivity contribution >= 4 is 47.0 Å². The second kappa shape index (κ2) is 7.62. The van der Waals surface area contributed by atoms with E-state index in [9.17, 15) is 14.4 Å². The van der Waals surface area contributed by atoms with E-state index in [-0.39, 0.29) is 5.11 Å². The van der Waals surface area contributed by atoms with Crippen LogP contribution in [0.15, 0.2) is 60.0 Å². The summed E-state index contributed by atoms with van der Waals surface area (Å²) in [7, 11) is 0. The van der Waals surface area contributed by atoms with Crippen LogP contribution in [0.25, 0.3) is 0 Å². The van der Waals surface area contributed by atoms with Crippen LogP contribution < -0.4 is 15.6 Å². The molecule has 1 aromatic carbocycles. The van der Waals surface area contributed by atoms with Gasteiger partial charge in [-0.3, -0.25) is 24.3 Å². The Morgan fingerprint density at radius 2 is 1.88 bits per heavy atom. The molecule has 3 rings (SSSR count). The van der Waals surface area contributed by atoms with E-state index < -0.39 is 23.6 Å². The van der Waals surface area contributed by atoms with Gasteiger partial charge < -0.3 is 5.32 Å². The largest absolute Gasteiger partial charge is 0.301 e. The third kappa shape index (κ3) is 3.62. The zero-order valence-electron chi connectivity index (χ0n) is 13.3. The van der Waals surface area contributed by atoms with Gasteiger partial charge in [-0.05, 0) is 36.5 Å². The van der Waals surface area contributed by atoms with E-state index in [2.05, 4.69) is 20.8 Å². The van der Waals surface area contributed by atoms with Crippen molar-refractivity contribution in [2.24, 2.45) is 11.0 Å². The zero-order valence-corrected chi connectivity index (χ0v) is 14.1. The lowest BCUT2D eigenvalue weighted by molar-refractivity contribution is -0.130. The van der Waals surface area contributed by atoms with Gasteiger partial charge in [-0.15, -0.1) is 0 Å². The van der Waals surface area contributed by atoms with Crippen LogP contribution in [0.4, 0.5) is 5.69 Å². The lowest BCUT2D eigenvalue weighted by Gasteiger charge is -2.30. The summed E-state index contributed by atoms with van der Waals surface area (Å²) < 4.78 is 0. The van der Waals surface area contributed by atoms with Crippen LogP contribution in [-0.4, -0.2) is 34.0 Å². The molecule has 1 fully saturated rings. The number of carbonyl (C=O) groups excluding carboxylic acids is 3. The molecule has 0 radical (unpaired) electrons. The van der Waals surface area contributed by atoms with Crippen LogP contribution in [-0.2, 0) is 9.59 Å². The maximum absolute atomic E-state index is 12.7. The Bertz CT molecular complexity index is 886.